The molecule has 60 valence electrons. The summed E-state index contributed by atoms with van der Waals surface area (Å²) in [6, 6.07) is 0. The van der Waals surface area contributed by atoms with Gasteiger partial charge in [0, 0.05) is 13.8 Å². The summed E-state index contributed by atoms with van der Waals surface area (Å²) in [4.78, 5) is 21.0. The number of hydrogen-bond donors (Lipinski definition) is 0. The molecule has 4 heteroatoms. The van der Waals surface area contributed by atoms with E-state index >= 15 is 0 Å². The van der Waals surface area contributed by atoms with Crippen LogP contribution in [0.15, 0.2) is 0 Å². The Labute approximate surface area is 65.5 Å². The molecule has 11 heavy (non-hydrogen) atoms. The smallest absolute Gasteiger partial charge is 0.317 e. The molecule has 0 aliphatic rings. The minimum absolute atomic E-state index is 0.241. The van der Waals surface area contributed by atoms with Crippen molar-refractivity contribution < 1.29 is 19.1 Å². The lowest BCUT2D eigenvalue weighted by molar-refractivity contribution is -0.153. The number of rotatable bonds is 4. The highest BCUT2D eigenvalue weighted by atomic mass is 16.5. The van der Waals surface area contributed by atoms with Gasteiger partial charge in [0.15, 0.2) is 0 Å². The molecule has 0 bridgehead atoms. The van der Waals surface area contributed by atoms with Crippen molar-refractivity contribution in [3.05, 3.63) is 13.8 Å². The van der Waals surface area contributed by atoms with E-state index in [0.29, 0.717) is 0 Å². The number of hydrogen-bond acceptors (Lipinski definition) is 4. The van der Waals surface area contributed by atoms with Crippen LogP contribution in [0.4, 0.5) is 0 Å². The lowest BCUT2D eigenvalue weighted by Gasteiger charge is -2.00. The van der Waals surface area contributed by atoms with Crippen LogP contribution in [0.5, 0.6) is 0 Å². The van der Waals surface area contributed by atoms with Gasteiger partial charge in [0.1, 0.15) is 6.42 Å². The third-order valence-corrected chi connectivity index (χ3v) is 0.777. The maximum atomic E-state index is 10.5. The van der Waals surface area contributed by atoms with Crippen molar-refractivity contribution in [2.45, 2.75) is 6.42 Å². The molecule has 0 fully saturated rings. The second-order valence-corrected chi connectivity index (χ2v) is 1.54. The van der Waals surface area contributed by atoms with Crippen molar-refractivity contribution in [2.24, 2.45) is 0 Å². The monoisotopic (exact) mass is 156 g/mol. The fraction of sp³-hybridized carbons (Fsp3) is 0.429. The lowest BCUT2D eigenvalue weighted by atomic mass is 10.4. The second-order valence-electron chi connectivity index (χ2n) is 1.54. The van der Waals surface area contributed by atoms with E-state index in [0.717, 1.165) is 0 Å². The molecular formula is C7H8O4. The molecule has 4 radical (unpaired) electrons. The summed E-state index contributed by atoms with van der Waals surface area (Å²) in [5.41, 5.74) is 0. The number of esters is 2. The molecule has 0 amide bonds. The summed E-state index contributed by atoms with van der Waals surface area (Å²) < 4.78 is 8.51. The van der Waals surface area contributed by atoms with Gasteiger partial charge >= 0.3 is 11.9 Å². The van der Waals surface area contributed by atoms with Crippen molar-refractivity contribution in [3.8, 4) is 0 Å². The van der Waals surface area contributed by atoms with Crippen LogP contribution in [0.1, 0.15) is 6.42 Å². The summed E-state index contributed by atoms with van der Waals surface area (Å²) in [7, 11) is 0. The van der Waals surface area contributed by atoms with E-state index in [9.17, 15) is 9.59 Å². The van der Waals surface area contributed by atoms with Crippen molar-refractivity contribution in [1.82, 2.24) is 0 Å². The summed E-state index contributed by atoms with van der Waals surface area (Å²) in [6.45, 7) is 9.24. The Morgan fingerprint density at radius 2 is 1.36 bits per heavy atom. The van der Waals surface area contributed by atoms with Crippen molar-refractivity contribution >= 4 is 11.9 Å². The zero-order chi connectivity index (χ0) is 8.69. The molecule has 0 saturated carbocycles. The van der Waals surface area contributed by atoms with Crippen LogP contribution < -0.4 is 0 Å². The van der Waals surface area contributed by atoms with E-state index in [1.807, 2.05) is 0 Å². The molecule has 0 unspecified atom stereocenters. The molecule has 0 N–H and O–H groups in total. The third kappa shape index (κ3) is 5.39. The second kappa shape index (κ2) is 5.70. The molecular weight excluding hydrogens is 148 g/mol. The molecule has 0 aromatic heterocycles. The minimum atomic E-state index is -0.717. The number of ether oxygens (including phenoxy) is 2. The molecule has 4 nitrogen and oxygen atoms in total. The van der Waals surface area contributed by atoms with Gasteiger partial charge < -0.3 is 9.47 Å². The van der Waals surface area contributed by atoms with Crippen molar-refractivity contribution in [1.29, 1.82) is 0 Å². The van der Waals surface area contributed by atoms with E-state index in [2.05, 4.69) is 9.47 Å². The zero-order valence-corrected chi connectivity index (χ0v) is 5.91. The average Bonchev–Trinajstić information content (AvgIpc) is 1.87. The average molecular weight is 156 g/mol. The van der Waals surface area contributed by atoms with E-state index in [1.54, 1.807) is 0 Å². The van der Waals surface area contributed by atoms with Gasteiger partial charge in [-0.15, -0.1) is 0 Å². The Morgan fingerprint density at radius 1 is 1.00 bits per heavy atom. The minimum Gasteiger partial charge on any atom is -0.465 e. The normalized spacial score (nSPS) is 8.91. The van der Waals surface area contributed by atoms with Crippen LogP contribution in [0.2, 0.25) is 0 Å². The molecule has 0 aliphatic carbocycles. The number of carbonyl (C=O) groups excluding carboxylic acids is 2. The first-order valence-corrected chi connectivity index (χ1v) is 2.92. The quantitative estimate of drug-likeness (QED) is 0.420. The summed E-state index contributed by atoms with van der Waals surface area (Å²) in [5, 5.41) is 0. The van der Waals surface area contributed by atoms with Gasteiger partial charge in [-0.2, -0.15) is 0 Å². The van der Waals surface area contributed by atoms with E-state index in [1.165, 1.54) is 0 Å². The first-order valence-electron chi connectivity index (χ1n) is 2.92. The molecule has 0 rings (SSSR count). The molecule has 0 spiro atoms. The van der Waals surface area contributed by atoms with E-state index in [-0.39, 0.29) is 13.2 Å². The summed E-state index contributed by atoms with van der Waals surface area (Å²) in [5.74, 6) is -1.43. The van der Waals surface area contributed by atoms with Gasteiger partial charge in [0.25, 0.3) is 0 Å². The standard InChI is InChI=1S/C7H8O4/c1-3-10-6(8)5-7(9)11-4-2/h1-2H,3-5H2. The van der Waals surface area contributed by atoms with Gasteiger partial charge in [-0.1, -0.05) is 0 Å². The molecule has 0 heterocycles. The Hall–Kier alpha value is -1.06. The summed E-state index contributed by atoms with van der Waals surface area (Å²) >= 11 is 0. The van der Waals surface area contributed by atoms with E-state index < -0.39 is 18.4 Å². The van der Waals surface area contributed by atoms with E-state index in [4.69, 9.17) is 13.8 Å². The Balaban J connectivity index is 3.49. The van der Waals surface area contributed by atoms with Gasteiger partial charge in [-0.25, -0.2) is 0 Å². The first-order chi connectivity index (χ1) is 5.20. The lowest BCUT2D eigenvalue weighted by Crippen LogP contribution is -2.13. The SMILES string of the molecule is [CH]COC(=O)CC(=O)OC[CH]. The largest absolute Gasteiger partial charge is 0.465 e. The van der Waals surface area contributed by atoms with Crippen molar-refractivity contribution in [3.63, 3.8) is 0 Å². The maximum Gasteiger partial charge on any atom is 0.317 e. The molecule has 0 atom stereocenters. The van der Waals surface area contributed by atoms with Crippen LogP contribution >= 0.6 is 0 Å². The third-order valence-electron chi connectivity index (χ3n) is 0.777. The van der Waals surface area contributed by atoms with Crippen LogP contribution in [-0.4, -0.2) is 25.2 Å². The zero-order valence-electron chi connectivity index (χ0n) is 5.91. The van der Waals surface area contributed by atoms with Gasteiger partial charge in [0.05, 0.1) is 13.2 Å². The fourth-order valence-electron chi connectivity index (χ4n) is 0.406. The molecule has 0 aliphatic heterocycles. The number of carbonyl (C=O) groups is 2. The van der Waals surface area contributed by atoms with Crippen LogP contribution in [0.3, 0.4) is 0 Å². The van der Waals surface area contributed by atoms with Crippen LogP contribution in [-0.2, 0) is 19.1 Å². The highest BCUT2D eigenvalue weighted by molar-refractivity contribution is 5.91. The molecule has 0 aromatic carbocycles. The predicted octanol–water partition coefficient (Wildman–Crippen LogP) is -0.115. The highest BCUT2D eigenvalue weighted by Gasteiger charge is 2.09. The Kier molecular flexibility index (Phi) is 5.15. The first kappa shape index (κ1) is 9.94. The molecule has 0 saturated heterocycles. The van der Waals surface area contributed by atoms with Gasteiger partial charge in [-0.3, -0.25) is 9.59 Å². The Bertz CT molecular complexity index is 125. The summed E-state index contributed by atoms with van der Waals surface area (Å²) in [6.07, 6.45) is -0.450. The predicted molar refractivity (Wildman–Crippen MR) is 35.1 cm³/mol. The van der Waals surface area contributed by atoms with Crippen LogP contribution in [0, 0.1) is 13.8 Å². The van der Waals surface area contributed by atoms with Crippen LogP contribution in [0.25, 0.3) is 0 Å². The molecule has 0 aromatic rings. The maximum absolute atomic E-state index is 10.5. The van der Waals surface area contributed by atoms with Gasteiger partial charge in [-0.05, 0) is 0 Å². The highest BCUT2D eigenvalue weighted by Crippen LogP contribution is 1.89. The fourth-order valence-corrected chi connectivity index (χ4v) is 0.406. The topological polar surface area (TPSA) is 52.6 Å². The Morgan fingerprint density at radius 3 is 1.64 bits per heavy atom. The van der Waals surface area contributed by atoms with Crippen molar-refractivity contribution in [2.75, 3.05) is 13.2 Å². The van der Waals surface area contributed by atoms with Gasteiger partial charge in [0.2, 0.25) is 0 Å².